The van der Waals surface area contributed by atoms with Crippen LogP contribution in [0.3, 0.4) is 0 Å². The Hall–Kier alpha value is -0.530. The molecule has 76 valence electrons. The molecule has 1 fully saturated rings. The molecule has 1 aliphatic heterocycles. The Bertz CT molecular complexity index is 177. The van der Waals surface area contributed by atoms with Crippen LogP contribution >= 0.6 is 0 Å². The molecule has 2 heteroatoms. The van der Waals surface area contributed by atoms with Crippen LogP contribution in [0.2, 0.25) is 0 Å². The van der Waals surface area contributed by atoms with Gasteiger partial charge >= 0.3 is 0 Å². The first kappa shape index (κ1) is 10.6. The van der Waals surface area contributed by atoms with Crippen molar-refractivity contribution in [3.05, 3.63) is 0 Å². The molecule has 1 rings (SSSR count). The predicted octanol–water partition coefficient (Wildman–Crippen LogP) is 2.29. The fourth-order valence-electron chi connectivity index (χ4n) is 2.14. The van der Waals surface area contributed by atoms with Gasteiger partial charge in [0, 0.05) is 19.5 Å². The van der Waals surface area contributed by atoms with Gasteiger partial charge in [-0.1, -0.05) is 20.8 Å². The van der Waals surface area contributed by atoms with Crippen molar-refractivity contribution in [3.8, 4) is 0 Å². The van der Waals surface area contributed by atoms with Crippen molar-refractivity contribution in [2.45, 2.75) is 40.0 Å². The zero-order valence-electron chi connectivity index (χ0n) is 9.05. The SMILES string of the molecule is CCC(=O)N1CC[C@@H](CC(C)C)C1. The molecule has 0 saturated carbocycles. The Morgan fingerprint density at radius 3 is 2.77 bits per heavy atom. The molecule has 1 aliphatic rings. The zero-order valence-corrected chi connectivity index (χ0v) is 9.05. The van der Waals surface area contributed by atoms with Crippen LogP contribution in [-0.2, 0) is 4.79 Å². The van der Waals surface area contributed by atoms with Crippen LogP contribution < -0.4 is 0 Å². The maximum atomic E-state index is 11.4. The van der Waals surface area contributed by atoms with Gasteiger partial charge < -0.3 is 4.90 Å². The van der Waals surface area contributed by atoms with Crippen molar-refractivity contribution >= 4 is 5.91 Å². The molecule has 1 amide bonds. The van der Waals surface area contributed by atoms with Crippen LogP contribution in [-0.4, -0.2) is 23.9 Å². The minimum Gasteiger partial charge on any atom is -0.342 e. The van der Waals surface area contributed by atoms with E-state index in [-0.39, 0.29) is 0 Å². The smallest absolute Gasteiger partial charge is 0.222 e. The van der Waals surface area contributed by atoms with Crippen LogP contribution in [0.4, 0.5) is 0 Å². The molecule has 1 saturated heterocycles. The quantitative estimate of drug-likeness (QED) is 0.657. The molecule has 0 aromatic heterocycles. The van der Waals surface area contributed by atoms with Crippen LogP contribution in [0.5, 0.6) is 0 Å². The summed E-state index contributed by atoms with van der Waals surface area (Å²) in [5, 5.41) is 0. The fourth-order valence-corrected chi connectivity index (χ4v) is 2.14. The van der Waals surface area contributed by atoms with E-state index in [0.29, 0.717) is 12.3 Å². The molecule has 0 unspecified atom stereocenters. The van der Waals surface area contributed by atoms with E-state index in [1.165, 1.54) is 12.8 Å². The van der Waals surface area contributed by atoms with Gasteiger partial charge in [-0.2, -0.15) is 0 Å². The van der Waals surface area contributed by atoms with E-state index in [0.717, 1.165) is 24.9 Å². The third-order valence-electron chi connectivity index (χ3n) is 2.75. The summed E-state index contributed by atoms with van der Waals surface area (Å²) in [6.07, 6.45) is 3.14. The number of hydrogen-bond acceptors (Lipinski definition) is 1. The van der Waals surface area contributed by atoms with E-state index < -0.39 is 0 Å². The second-order valence-electron chi connectivity index (χ2n) is 4.48. The molecule has 2 nitrogen and oxygen atoms in total. The Kier molecular flexibility index (Phi) is 3.76. The third-order valence-corrected chi connectivity index (χ3v) is 2.75. The van der Waals surface area contributed by atoms with Crippen molar-refractivity contribution < 1.29 is 4.79 Å². The maximum absolute atomic E-state index is 11.4. The number of rotatable bonds is 3. The monoisotopic (exact) mass is 183 g/mol. The number of likely N-dealkylation sites (tertiary alicyclic amines) is 1. The summed E-state index contributed by atoms with van der Waals surface area (Å²) in [6, 6.07) is 0. The van der Waals surface area contributed by atoms with Gasteiger partial charge in [0.1, 0.15) is 0 Å². The van der Waals surface area contributed by atoms with Gasteiger partial charge in [0.25, 0.3) is 0 Å². The first-order chi connectivity index (χ1) is 6.13. The summed E-state index contributed by atoms with van der Waals surface area (Å²) in [5.74, 6) is 1.85. The first-order valence-electron chi connectivity index (χ1n) is 5.41. The molecule has 0 aliphatic carbocycles. The van der Waals surface area contributed by atoms with Crippen LogP contribution in [0, 0.1) is 11.8 Å². The summed E-state index contributed by atoms with van der Waals surface area (Å²) >= 11 is 0. The molecule has 0 radical (unpaired) electrons. The molecule has 0 spiro atoms. The van der Waals surface area contributed by atoms with Gasteiger partial charge in [0.05, 0.1) is 0 Å². The molecule has 1 heterocycles. The van der Waals surface area contributed by atoms with Crippen molar-refractivity contribution in [2.75, 3.05) is 13.1 Å². The summed E-state index contributed by atoms with van der Waals surface area (Å²) in [5.41, 5.74) is 0. The van der Waals surface area contributed by atoms with E-state index in [9.17, 15) is 4.79 Å². The predicted molar refractivity (Wildman–Crippen MR) is 54.4 cm³/mol. The highest BCUT2D eigenvalue weighted by molar-refractivity contribution is 5.76. The van der Waals surface area contributed by atoms with Gasteiger partial charge in [-0.05, 0) is 24.7 Å². The topological polar surface area (TPSA) is 20.3 Å². The molecule has 0 bridgehead atoms. The lowest BCUT2D eigenvalue weighted by atomic mass is 9.97. The van der Waals surface area contributed by atoms with Crippen LogP contribution in [0.15, 0.2) is 0 Å². The molecular formula is C11H21NO. The number of hydrogen-bond donors (Lipinski definition) is 0. The molecule has 13 heavy (non-hydrogen) atoms. The average Bonchev–Trinajstić information content (AvgIpc) is 2.50. The molecule has 0 N–H and O–H groups in total. The van der Waals surface area contributed by atoms with Gasteiger partial charge in [0.2, 0.25) is 5.91 Å². The summed E-state index contributed by atoms with van der Waals surface area (Å²) in [6.45, 7) is 8.45. The van der Waals surface area contributed by atoms with Crippen molar-refractivity contribution in [1.82, 2.24) is 4.90 Å². The van der Waals surface area contributed by atoms with Gasteiger partial charge in [-0.3, -0.25) is 4.79 Å². The van der Waals surface area contributed by atoms with E-state index in [1.54, 1.807) is 0 Å². The van der Waals surface area contributed by atoms with Gasteiger partial charge in [-0.25, -0.2) is 0 Å². The molecule has 0 aromatic carbocycles. The summed E-state index contributed by atoms with van der Waals surface area (Å²) < 4.78 is 0. The fraction of sp³-hybridized carbons (Fsp3) is 0.909. The second-order valence-corrected chi connectivity index (χ2v) is 4.48. The van der Waals surface area contributed by atoms with E-state index in [2.05, 4.69) is 13.8 Å². The highest BCUT2D eigenvalue weighted by Crippen LogP contribution is 2.23. The third kappa shape index (κ3) is 3.02. The lowest BCUT2D eigenvalue weighted by Crippen LogP contribution is -2.27. The normalized spacial score (nSPS) is 22.8. The second kappa shape index (κ2) is 4.64. The standard InChI is InChI=1S/C11H21NO/c1-4-11(13)12-6-5-10(8-12)7-9(2)3/h9-10H,4-8H2,1-3H3/t10-/m0/s1. The van der Waals surface area contributed by atoms with E-state index in [1.807, 2.05) is 11.8 Å². The Labute approximate surface area is 81.3 Å². The van der Waals surface area contributed by atoms with Crippen molar-refractivity contribution in [3.63, 3.8) is 0 Å². The zero-order chi connectivity index (χ0) is 9.84. The largest absolute Gasteiger partial charge is 0.342 e. The van der Waals surface area contributed by atoms with E-state index in [4.69, 9.17) is 0 Å². The highest BCUT2D eigenvalue weighted by atomic mass is 16.2. The lowest BCUT2D eigenvalue weighted by Gasteiger charge is -2.16. The molecule has 0 aromatic rings. The van der Waals surface area contributed by atoms with Crippen molar-refractivity contribution in [2.24, 2.45) is 11.8 Å². The number of carbonyl (C=O) groups excluding carboxylic acids is 1. The van der Waals surface area contributed by atoms with Gasteiger partial charge in [-0.15, -0.1) is 0 Å². The van der Waals surface area contributed by atoms with Crippen LogP contribution in [0.1, 0.15) is 40.0 Å². The Morgan fingerprint density at radius 2 is 2.23 bits per heavy atom. The minimum absolute atomic E-state index is 0.325. The summed E-state index contributed by atoms with van der Waals surface area (Å²) in [4.78, 5) is 13.4. The van der Waals surface area contributed by atoms with E-state index >= 15 is 0 Å². The highest BCUT2D eigenvalue weighted by Gasteiger charge is 2.25. The number of nitrogens with zero attached hydrogens (tertiary/aromatic N) is 1. The molecule has 1 atom stereocenters. The van der Waals surface area contributed by atoms with Gasteiger partial charge in [0.15, 0.2) is 0 Å². The Balaban J connectivity index is 2.32. The lowest BCUT2D eigenvalue weighted by molar-refractivity contribution is -0.129. The van der Waals surface area contributed by atoms with Crippen LogP contribution in [0.25, 0.3) is 0 Å². The average molecular weight is 183 g/mol. The summed E-state index contributed by atoms with van der Waals surface area (Å²) in [7, 11) is 0. The first-order valence-corrected chi connectivity index (χ1v) is 5.41. The molecular weight excluding hydrogens is 162 g/mol. The maximum Gasteiger partial charge on any atom is 0.222 e. The Morgan fingerprint density at radius 1 is 1.54 bits per heavy atom. The number of carbonyl (C=O) groups is 1. The van der Waals surface area contributed by atoms with Crippen molar-refractivity contribution in [1.29, 1.82) is 0 Å². The minimum atomic E-state index is 0.325. The number of amides is 1.